The topological polar surface area (TPSA) is 38.3 Å². The highest BCUT2D eigenvalue weighted by Gasteiger charge is 2.04. The molecule has 0 spiro atoms. The molecule has 6 heteroatoms. The van der Waals surface area contributed by atoms with Crippen LogP contribution in [0.2, 0.25) is 0 Å². The predicted octanol–water partition coefficient (Wildman–Crippen LogP) is 2.53. The van der Waals surface area contributed by atoms with Crippen molar-refractivity contribution in [2.45, 2.75) is 19.6 Å². The van der Waals surface area contributed by atoms with Crippen molar-refractivity contribution in [3.8, 4) is 5.75 Å². The third-order valence-electron chi connectivity index (χ3n) is 1.96. The molecule has 1 aromatic rings. The van der Waals surface area contributed by atoms with Crippen molar-refractivity contribution in [3.05, 3.63) is 29.8 Å². The SMILES string of the molecule is O=C(CCCl)NCc1ccc(OC(F)F)cc1. The standard InChI is InChI=1S/C11H12ClF2NO2/c12-6-5-10(16)15-7-8-1-3-9(4-2-8)17-11(13)14/h1-4,11H,5-7H2,(H,15,16). The van der Waals surface area contributed by atoms with E-state index in [1.807, 2.05) is 0 Å². The fourth-order valence-corrected chi connectivity index (χ4v) is 1.34. The van der Waals surface area contributed by atoms with Crippen LogP contribution < -0.4 is 10.1 Å². The number of rotatable bonds is 6. The number of carbonyl (C=O) groups is 1. The number of hydrogen-bond donors (Lipinski definition) is 1. The van der Waals surface area contributed by atoms with E-state index < -0.39 is 6.61 Å². The van der Waals surface area contributed by atoms with E-state index in [9.17, 15) is 13.6 Å². The van der Waals surface area contributed by atoms with E-state index in [0.717, 1.165) is 5.56 Å². The zero-order valence-corrected chi connectivity index (χ0v) is 9.71. The lowest BCUT2D eigenvalue weighted by Crippen LogP contribution is -2.22. The van der Waals surface area contributed by atoms with Crippen LogP contribution in [-0.4, -0.2) is 18.4 Å². The van der Waals surface area contributed by atoms with Gasteiger partial charge in [-0.3, -0.25) is 4.79 Å². The van der Waals surface area contributed by atoms with Gasteiger partial charge in [-0.25, -0.2) is 0 Å². The molecule has 94 valence electrons. The van der Waals surface area contributed by atoms with E-state index in [1.54, 1.807) is 12.1 Å². The molecule has 0 bridgehead atoms. The first-order chi connectivity index (χ1) is 8.11. The normalized spacial score (nSPS) is 10.4. The monoisotopic (exact) mass is 263 g/mol. The largest absolute Gasteiger partial charge is 0.435 e. The molecule has 1 N–H and O–H groups in total. The van der Waals surface area contributed by atoms with Crippen LogP contribution in [0, 0.1) is 0 Å². The minimum absolute atomic E-state index is 0.0934. The molecule has 0 saturated carbocycles. The highest BCUT2D eigenvalue weighted by atomic mass is 35.5. The summed E-state index contributed by atoms with van der Waals surface area (Å²) in [4.78, 5) is 11.1. The van der Waals surface area contributed by atoms with Crippen molar-refractivity contribution in [2.24, 2.45) is 0 Å². The summed E-state index contributed by atoms with van der Waals surface area (Å²) in [5.41, 5.74) is 0.800. The van der Waals surface area contributed by atoms with Gasteiger partial charge in [-0.1, -0.05) is 12.1 Å². The smallest absolute Gasteiger partial charge is 0.387 e. The molecular weight excluding hydrogens is 252 g/mol. The Balaban J connectivity index is 2.42. The summed E-state index contributed by atoms with van der Waals surface area (Å²) in [6.45, 7) is -2.49. The zero-order chi connectivity index (χ0) is 12.7. The lowest BCUT2D eigenvalue weighted by molar-refractivity contribution is -0.120. The lowest BCUT2D eigenvalue weighted by atomic mass is 10.2. The van der Waals surface area contributed by atoms with Crippen LogP contribution in [0.5, 0.6) is 5.75 Å². The third-order valence-corrected chi connectivity index (χ3v) is 2.15. The van der Waals surface area contributed by atoms with Gasteiger partial charge in [0.05, 0.1) is 0 Å². The Morgan fingerprint density at radius 1 is 1.35 bits per heavy atom. The summed E-state index contributed by atoms with van der Waals surface area (Å²) in [6, 6.07) is 6.07. The number of hydrogen-bond acceptors (Lipinski definition) is 2. The zero-order valence-electron chi connectivity index (χ0n) is 8.96. The molecule has 0 aliphatic rings. The summed E-state index contributed by atoms with van der Waals surface area (Å²) in [5.74, 6) is 0.219. The molecule has 0 atom stereocenters. The summed E-state index contributed by atoms with van der Waals surface area (Å²) < 4.78 is 27.9. The minimum Gasteiger partial charge on any atom is -0.435 e. The van der Waals surface area contributed by atoms with Gasteiger partial charge in [-0.05, 0) is 17.7 Å². The molecule has 0 heterocycles. The predicted molar refractivity (Wildman–Crippen MR) is 60.3 cm³/mol. The van der Waals surface area contributed by atoms with Gasteiger partial charge in [0, 0.05) is 18.8 Å². The van der Waals surface area contributed by atoms with E-state index in [1.165, 1.54) is 12.1 Å². The van der Waals surface area contributed by atoms with E-state index >= 15 is 0 Å². The van der Waals surface area contributed by atoms with Crippen LogP contribution in [0.25, 0.3) is 0 Å². The van der Waals surface area contributed by atoms with E-state index in [4.69, 9.17) is 11.6 Å². The molecule has 1 aromatic carbocycles. The van der Waals surface area contributed by atoms with Gasteiger partial charge in [-0.2, -0.15) is 8.78 Å². The van der Waals surface area contributed by atoms with Crippen molar-refractivity contribution in [3.63, 3.8) is 0 Å². The number of alkyl halides is 3. The molecule has 3 nitrogen and oxygen atoms in total. The highest BCUT2D eigenvalue weighted by molar-refractivity contribution is 6.18. The molecule has 1 amide bonds. The number of ether oxygens (including phenoxy) is 1. The summed E-state index contributed by atoms with van der Waals surface area (Å²) in [5, 5.41) is 2.65. The molecule has 0 radical (unpaired) electrons. The Kier molecular flexibility index (Phi) is 5.69. The summed E-state index contributed by atoms with van der Waals surface area (Å²) >= 11 is 5.40. The van der Waals surface area contributed by atoms with Gasteiger partial charge >= 0.3 is 6.61 Å². The number of amides is 1. The van der Waals surface area contributed by atoms with Gasteiger partial charge in [-0.15, -0.1) is 11.6 Å². The first kappa shape index (κ1) is 13.7. The number of nitrogens with one attached hydrogen (secondary N) is 1. The fraction of sp³-hybridized carbons (Fsp3) is 0.364. The molecule has 0 aromatic heterocycles. The van der Waals surface area contributed by atoms with Crippen LogP contribution in [0.1, 0.15) is 12.0 Å². The average Bonchev–Trinajstić information content (AvgIpc) is 2.28. The first-order valence-corrected chi connectivity index (χ1v) is 5.51. The van der Waals surface area contributed by atoms with Gasteiger partial charge < -0.3 is 10.1 Å². The van der Waals surface area contributed by atoms with Gasteiger partial charge in [0.2, 0.25) is 5.91 Å². The van der Waals surface area contributed by atoms with Gasteiger partial charge in [0.25, 0.3) is 0 Å². The van der Waals surface area contributed by atoms with Crippen molar-refractivity contribution >= 4 is 17.5 Å². The number of benzene rings is 1. The Bertz CT molecular complexity index is 357. The second-order valence-corrected chi connectivity index (χ2v) is 3.62. The first-order valence-electron chi connectivity index (χ1n) is 4.98. The maximum absolute atomic E-state index is 11.9. The van der Waals surface area contributed by atoms with Crippen LogP contribution in [0.3, 0.4) is 0 Å². The molecule has 0 saturated heterocycles. The number of carbonyl (C=O) groups excluding carboxylic acids is 1. The molecule has 0 unspecified atom stereocenters. The van der Waals surface area contributed by atoms with Crippen LogP contribution in [0.4, 0.5) is 8.78 Å². The number of halogens is 3. The van der Waals surface area contributed by atoms with E-state index in [2.05, 4.69) is 10.1 Å². The second kappa shape index (κ2) is 7.06. The van der Waals surface area contributed by atoms with E-state index in [0.29, 0.717) is 6.54 Å². The van der Waals surface area contributed by atoms with Crippen molar-refractivity contribution in [1.29, 1.82) is 0 Å². The van der Waals surface area contributed by atoms with Crippen LogP contribution in [-0.2, 0) is 11.3 Å². The Morgan fingerprint density at radius 2 is 2.00 bits per heavy atom. The summed E-state index contributed by atoms with van der Waals surface area (Å²) in [7, 11) is 0. The van der Waals surface area contributed by atoms with Gasteiger partial charge in [0.15, 0.2) is 0 Å². The molecule has 1 rings (SSSR count). The average molecular weight is 264 g/mol. The van der Waals surface area contributed by atoms with Crippen molar-refractivity contribution in [2.75, 3.05) is 5.88 Å². The molecule has 0 fully saturated rings. The summed E-state index contributed by atoms with van der Waals surface area (Å²) in [6.07, 6.45) is 0.258. The maximum Gasteiger partial charge on any atom is 0.387 e. The van der Waals surface area contributed by atoms with Gasteiger partial charge in [0.1, 0.15) is 5.75 Å². The minimum atomic E-state index is -2.83. The van der Waals surface area contributed by atoms with Crippen molar-refractivity contribution < 1.29 is 18.3 Å². The van der Waals surface area contributed by atoms with Crippen LogP contribution in [0.15, 0.2) is 24.3 Å². The third kappa shape index (κ3) is 5.49. The molecular formula is C11H12ClF2NO2. The Morgan fingerprint density at radius 3 is 2.53 bits per heavy atom. The Hall–Kier alpha value is -1.36. The maximum atomic E-state index is 11.9. The lowest BCUT2D eigenvalue weighted by Gasteiger charge is -2.06. The molecule has 0 aliphatic carbocycles. The van der Waals surface area contributed by atoms with E-state index in [-0.39, 0.29) is 24.0 Å². The molecule has 0 aliphatic heterocycles. The van der Waals surface area contributed by atoms with Crippen molar-refractivity contribution in [1.82, 2.24) is 5.32 Å². The molecule has 17 heavy (non-hydrogen) atoms. The second-order valence-electron chi connectivity index (χ2n) is 3.24. The fourth-order valence-electron chi connectivity index (χ4n) is 1.16. The Labute approximate surface area is 103 Å². The highest BCUT2D eigenvalue weighted by Crippen LogP contribution is 2.14. The van der Waals surface area contributed by atoms with Crippen LogP contribution >= 0.6 is 11.6 Å². The quantitative estimate of drug-likeness (QED) is 0.801.